The monoisotopic (exact) mass is 309 g/mol. The van der Waals surface area contributed by atoms with E-state index in [0.29, 0.717) is 0 Å². The lowest BCUT2D eigenvalue weighted by molar-refractivity contribution is -0.170. The molecule has 3 heteroatoms. The summed E-state index contributed by atoms with van der Waals surface area (Å²) in [6.45, 7) is 13.2. The molecule has 0 amide bonds. The largest absolute Gasteiger partial charge is 0.373 e. The van der Waals surface area contributed by atoms with Crippen molar-refractivity contribution in [2.75, 3.05) is 0 Å². The molecule has 1 aliphatic heterocycles. The minimum absolute atomic E-state index is 0.0877. The smallest absolute Gasteiger partial charge is 0.226 e. The number of rotatable bonds is 2. The first kappa shape index (κ1) is 16.0. The number of hydrogen-bond acceptors (Lipinski definition) is 2. The van der Waals surface area contributed by atoms with E-state index in [1.165, 1.54) is 5.56 Å². The minimum Gasteiger partial charge on any atom is -0.373 e. The Balaban J connectivity index is 1.86. The average Bonchev–Trinajstić information content (AvgIpc) is 2.54. The predicted molar refractivity (Wildman–Crippen MR) is 89.6 cm³/mol. The van der Waals surface area contributed by atoms with Gasteiger partial charge in [-0.15, -0.1) is 0 Å². The van der Waals surface area contributed by atoms with Crippen molar-refractivity contribution in [2.45, 2.75) is 52.2 Å². The highest BCUT2D eigenvalue weighted by molar-refractivity contribution is 6.02. The van der Waals surface area contributed by atoms with Gasteiger partial charge in [0.1, 0.15) is 0 Å². The van der Waals surface area contributed by atoms with Crippen LogP contribution in [0.25, 0.3) is 4.85 Å². The summed E-state index contributed by atoms with van der Waals surface area (Å²) < 4.78 is 6.41. The fourth-order valence-electron chi connectivity index (χ4n) is 4.10. The zero-order valence-corrected chi connectivity index (χ0v) is 14.0. The van der Waals surface area contributed by atoms with Crippen LogP contribution in [0.4, 0.5) is 0 Å². The number of allylic oxidation sites excluding steroid dienone is 1. The highest BCUT2D eigenvalue weighted by Gasteiger charge is 2.54. The Hall–Kier alpha value is -1.92. The molecule has 0 unspecified atom stereocenters. The molecular weight excluding hydrogens is 286 g/mol. The lowest BCUT2D eigenvalue weighted by Gasteiger charge is -2.52. The van der Waals surface area contributed by atoms with Gasteiger partial charge in [0.25, 0.3) is 0 Å². The number of benzene rings is 1. The SMILES string of the molecule is [C-]#[N+]C1=C[C@]2(C)CC[C@H](Cc3ccccc3)O[C@H]2C(C)(C)C1=O. The quantitative estimate of drug-likeness (QED) is 0.767. The predicted octanol–water partition coefficient (Wildman–Crippen LogP) is 4.20. The third-order valence-electron chi connectivity index (χ3n) is 5.30. The Kier molecular flexibility index (Phi) is 3.90. The van der Waals surface area contributed by atoms with Crippen LogP contribution in [0.1, 0.15) is 39.2 Å². The Labute approximate surface area is 138 Å². The summed E-state index contributed by atoms with van der Waals surface area (Å²) in [4.78, 5) is 16.0. The van der Waals surface area contributed by atoms with E-state index in [1.54, 1.807) is 0 Å². The number of ether oxygens (including phenoxy) is 1. The van der Waals surface area contributed by atoms with Gasteiger partial charge in [-0.2, -0.15) is 0 Å². The molecule has 0 N–H and O–H groups in total. The standard InChI is InChI=1S/C20H23NO2/c1-19(2)17(22)16(21-4)13-20(3)11-10-15(23-18(19)20)12-14-8-6-5-7-9-14/h5-9,13,15,18H,10-12H2,1-3H3/t15-,18+,20+/m1/s1. The molecule has 3 nitrogen and oxygen atoms in total. The van der Waals surface area contributed by atoms with E-state index in [-0.39, 0.29) is 29.1 Å². The van der Waals surface area contributed by atoms with Gasteiger partial charge in [-0.25, -0.2) is 4.85 Å². The summed E-state index contributed by atoms with van der Waals surface area (Å²) in [6, 6.07) is 10.3. The van der Waals surface area contributed by atoms with E-state index in [4.69, 9.17) is 11.3 Å². The van der Waals surface area contributed by atoms with Crippen molar-refractivity contribution in [3.63, 3.8) is 0 Å². The third-order valence-corrected chi connectivity index (χ3v) is 5.30. The summed E-state index contributed by atoms with van der Waals surface area (Å²) in [5.74, 6) is -0.0877. The van der Waals surface area contributed by atoms with Crippen LogP contribution in [0.5, 0.6) is 0 Å². The van der Waals surface area contributed by atoms with E-state index in [9.17, 15) is 4.79 Å². The number of nitrogens with zero attached hydrogens (tertiary/aromatic N) is 1. The Bertz CT molecular complexity index is 683. The first-order chi connectivity index (χ1) is 10.9. The number of Topliss-reactive ketones (excluding diaryl/α,β-unsaturated/α-hetero) is 1. The summed E-state index contributed by atoms with van der Waals surface area (Å²) in [6.07, 6.45) is 4.59. The normalized spacial score (nSPS) is 32.6. The van der Waals surface area contributed by atoms with Crippen LogP contribution in [0.3, 0.4) is 0 Å². The van der Waals surface area contributed by atoms with Crippen molar-refractivity contribution in [1.82, 2.24) is 0 Å². The zero-order chi connectivity index (χ0) is 16.7. The highest BCUT2D eigenvalue weighted by atomic mass is 16.5. The second kappa shape index (κ2) is 5.62. The van der Waals surface area contributed by atoms with Gasteiger partial charge >= 0.3 is 0 Å². The van der Waals surface area contributed by atoms with Crippen LogP contribution >= 0.6 is 0 Å². The average molecular weight is 309 g/mol. The van der Waals surface area contributed by atoms with Gasteiger partial charge in [0.05, 0.1) is 18.8 Å². The maximum atomic E-state index is 12.6. The number of carbonyl (C=O) groups is 1. The lowest BCUT2D eigenvalue weighted by atomic mass is 9.61. The molecule has 0 spiro atoms. The van der Waals surface area contributed by atoms with Gasteiger partial charge in [0, 0.05) is 10.8 Å². The van der Waals surface area contributed by atoms with Gasteiger partial charge in [0.15, 0.2) is 5.78 Å². The molecule has 0 radical (unpaired) electrons. The van der Waals surface area contributed by atoms with E-state index in [1.807, 2.05) is 38.1 Å². The molecule has 3 rings (SSSR count). The van der Waals surface area contributed by atoms with Crippen molar-refractivity contribution >= 4 is 5.78 Å². The van der Waals surface area contributed by atoms with Crippen LogP contribution in [0.15, 0.2) is 42.1 Å². The van der Waals surface area contributed by atoms with Crippen LogP contribution in [0, 0.1) is 17.4 Å². The third kappa shape index (κ3) is 2.72. The number of ketones is 1. The van der Waals surface area contributed by atoms with Crippen molar-refractivity contribution in [2.24, 2.45) is 10.8 Å². The highest BCUT2D eigenvalue weighted by Crippen LogP contribution is 2.51. The molecule has 120 valence electrons. The first-order valence-electron chi connectivity index (χ1n) is 8.21. The Morgan fingerprint density at radius 3 is 2.61 bits per heavy atom. The van der Waals surface area contributed by atoms with Crippen LogP contribution < -0.4 is 0 Å². The molecule has 0 aromatic heterocycles. The molecule has 1 aromatic carbocycles. The summed E-state index contributed by atoms with van der Waals surface area (Å²) in [5, 5.41) is 0. The second-order valence-electron chi connectivity index (χ2n) is 7.56. The van der Waals surface area contributed by atoms with Gasteiger partial charge in [-0.05, 0) is 24.8 Å². The zero-order valence-electron chi connectivity index (χ0n) is 14.0. The topological polar surface area (TPSA) is 30.7 Å². The molecule has 3 atom stereocenters. The van der Waals surface area contributed by atoms with E-state index >= 15 is 0 Å². The molecule has 1 saturated heterocycles. The second-order valence-corrected chi connectivity index (χ2v) is 7.56. The maximum absolute atomic E-state index is 12.6. The summed E-state index contributed by atoms with van der Waals surface area (Å²) in [7, 11) is 0. The van der Waals surface area contributed by atoms with E-state index in [2.05, 4.69) is 23.9 Å². The fraction of sp³-hybridized carbons (Fsp3) is 0.500. The van der Waals surface area contributed by atoms with Crippen LogP contribution in [0.2, 0.25) is 0 Å². The molecule has 1 heterocycles. The van der Waals surface area contributed by atoms with Gasteiger partial charge in [-0.3, -0.25) is 0 Å². The number of fused-ring (bicyclic) bond motifs is 1. The Morgan fingerprint density at radius 1 is 1.26 bits per heavy atom. The van der Waals surface area contributed by atoms with Crippen molar-refractivity contribution in [1.29, 1.82) is 0 Å². The molecular formula is C20H23NO2. The van der Waals surface area contributed by atoms with Gasteiger partial charge in [0.2, 0.25) is 5.70 Å². The van der Waals surface area contributed by atoms with Crippen molar-refractivity contribution in [3.8, 4) is 0 Å². The maximum Gasteiger partial charge on any atom is 0.226 e. The molecule has 0 bridgehead atoms. The fourth-order valence-corrected chi connectivity index (χ4v) is 4.10. The van der Waals surface area contributed by atoms with Crippen LogP contribution in [-0.4, -0.2) is 18.0 Å². The van der Waals surface area contributed by atoms with Gasteiger partial charge < -0.3 is 9.53 Å². The minimum atomic E-state index is -0.654. The lowest BCUT2D eigenvalue weighted by Crippen LogP contribution is -2.56. The molecule has 1 fully saturated rings. The van der Waals surface area contributed by atoms with Gasteiger partial charge in [-0.1, -0.05) is 57.2 Å². The number of carbonyl (C=O) groups excluding carboxylic acids is 1. The summed E-state index contributed by atoms with van der Waals surface area (Å²) in [5.41, 5.74) is 0.653. The van der Waals surface area contributed by atoms with Crippen LogP contribution in [-0.2, 0) is 16.0 Å². The Morgan fingerprint density at radius 2 is 1.96 bits per heavy atom. The van der Waals surface area contributed by atoms with Crippen molar-refractivity contribution < 1.29 is 9.53 Å². The molecule has 23 heavy (non-hydrogen) atoms. The molecule has 1 aromatic rings. The van der Waals surface area contributed by atoms with E-state index < -0.39 is 5.41 Å². The molecule has 2 aliphatic rings. The summed E-state index contributed by atoms with van der Waals surface area (Å²) >= 11 is 0. The van der Waals surface area contributed by atoms with E-state index in [0.717, 1.165) is 19.3 Å². The van der Waals surface area contributed by atoms with Crippen molar-refractivity contribution in [3.05, 3.63) is 59.1 Å². The first-order valence-corrected chi connectivity index (χ1v) is 8.21. The molecule has 1 aliphatic carbocycles. The number of hydrogen-bond donors (Lipinski definition) is 0. The molecule has 0 saturated carbocycles.